The number of rotatable bonds is 5. The Balaban J connectivity index is 1.37. The Hall–Kier alpha value is -4.24. The summed E-state index contributed by atoms with van der Waals surface area (Å²) in [6, 6.07) is 11.9. The fourth-order valence-corrected chi connectivity index (χ4v) is 4.45. The lowest BCUT2D eigenvalue weighted by atomic mass is 10.0. The molecule has 2 aromatic carbocycles. The predicted octanol–water partition coefficient (Wildman–Crippen LogP) is 3.01. The number of hydrogen-bond donors (Lipinski definition) is 2. The lowest BCUT2D eigenvalue weighted by Gasteiger charge is -2.30. The van der Waals surface area contributed by atoms with E-state index in [0.29, 0.717) is 42.5 Å². The molecule has 9 nitrogen and oxygen atoms in total. The number of nitrogens with two attached hydrogens (primary N) is 1. The molecular formula is C25H23N7O2. The van der Waals surface area contributed by atoms with Crippen LogP contribution in [0.5, 0.6) is 0 Å². The van der Waals surface area contributed by atoms with E-state index in [1.54, 1.807) is 12.3 Å². The van der Waals surface area contributed by atoms with Crippen LogP contribution in [0.1, 0.15) is 21.5 Å². The highest BCUT2D eigenvalue weighted by Crippen LogP contribution is 2.30. The van der Waals surface area contributed by atoms with Gasteiger partial charge in [-0.25, -0.2) is 9.97 Å². The van der Waals surface area contributed by atoms with E-state index in [0.717, 1.165) is 35.6 Å². The fraction of sp³-hybridized carbons (Fsp3) is 0.200. The van der Waals surface area contributed by atoms with Crippen LogP contribution < -0.4 is 16.0 Å². The number of nitrogens with one attached hydrogen (secondary N) is 1. The first kappa shape index (κ1) is 20.4. The highest BCUT2D eigenvalue weighted by molar-refractivity contribution is 6.00. The highest BCUT2D eigenvalue weighted by Gasteiger charge is 2.19. The maximum absolute atomic E-state index is 12.3. The van der Waals surface area contributed by atoms with E-state index >= 15 is 0 Å². The van der Waals surface area contributed by atoms with Crippen molar-refractivity contribution in [1.29, 1.82) is 0 Å². The van der Waals surface area contributed by atoms with E-state index in [1.807, 2.05) is 41.2 Å². The quantitative estimate of drug-likeness (QED) is 0.481. The SMILES string of the molecule is NC(=O)c1cc(Nc2nc(-c3ccc4c(c3)CN=C4)cn3ccnc23)ccc1N1CCOCC1. The third-order valence-corrected chi connectivity index (χ3v) is 6.18. The van der Waals surface area contributed by atoms with Crippen LogP contribution in [-0.2, 0) is 11.3 Å². The minimum absolute atomic E-state index is 0.459. The summed E-state index contributed by atoms with van der Waals surface area (Å²) in [7, 11) is 0. The molecule has 0 radical (unpaired) electrons. The molecule has 3 N–H and O–H groups in total. The first-order valence-electron chi connectivity index (χ1n) is 11.2. The molecule has 34 heavy (non-hydrogen) atoms. The monoisotopic (exact) mass is 453 g/mol. The Labute approximate surface area is 195 Å². The van der Waals surface area contributed by atoms with Crippen LogP contribution in [0.2, 0.25) is 0 Å². The molecule has 0 aliphatic carbocycles. The van der Waals surface area contributed by atoms with Gasteiger partial charge in [0, 0.05) is 54.8 Å². The van der Waals surface area contributed by atoms with Crippen molar-refractivity contribution in [3.63, 3.8) is 0 Å². The van der Waals surface area contributed by atoms with E-state index in [9.17, 15) is 4.79 Å². The largest absolute Gasteiger partial charge is 0.378 e. The molecule has 1 saturated heterocycles. The maximum atomic E-state index is 12.3. The number of anilines is 3. The number of benzene rings is 2. The molecule has 2 aromatic heterocycles. The van der Waals surface area contributed by atoms with Gasteiger partial charge in [0.1, 0.15) is 0 Å². The van der Waals surface area contributed by atoms with E-state index in [2.05, 4.69) is 32.3 Å². The van der Waals surface area contributed by atoms with E-state index in [1.165, 1.54) is 5.56 Å². The van der Waals surface area contributed by atoms with Gasteiger partial charge in [0.2, 0.25) is 0 Å². The van der Waals surface area contributed by atoms with Gasteiger partial charge >= 0.3 is 0 Å². The molecule has 6 rings (SSSR count). The summed E-state index contributed by atoms with van der Waals surface area (Å²) in [5, 5.41) is 3.35. The average molecular weight is 454 g/mol. The molecule has 170 valence electrons. The Morgan fingerprint density at radius 1 is 1.12 bits per heavy atom. The van der Waals surface area contributed by atoms with Crippen LogP contribution in [0, 0.1) is 0 Å². The number of nitrogens with zero attached hydrogens (tertiary/aromatic N) is 5. The van der Waals surface area contributed by atoms with Crippen LogP contribution in [0.15, 0.2) is 60.0 Å². The number of fused-ring (bicyclic) bond motifs is 2. The van der Waals surface area contributed by atoms with Gasteiger partial charge < -0.3 is 25.1 Å². The van der Waals surface area contributed by atoms with Crippen LogP contribution >= 0.6 is 0 Å². The average Bonchev–Trinajstić information content (AvgIpc) is 3.53. The molecule has 0 saturated carbocycles. The molecule has 4 heterocycles. The van der Waals surface area contributed by atoms with Crippen molar-refractivity contribution in [2.45, 2.75) is 6.54 Å². The zero-order chi connectivity index (χ0) is 23.1. The number of ether oxygens (including phenoxy) is 1. The summed E-state index contributed by atoms with van der Waals surface area (Å²) in [6.07, 6.45) is 7.48. The molecule has 1 amide bonds. The standard InChI is InChI=1S/C25H23N7O2/c26-23(33)20-12-19(3-4-22(20)31-7-9-34-10-8-31)29-24-25-28-5-6-32(25)15-21(30-24)16-1-2-17-13-27-14-18(17)11-16/h1-6,11-13,15H,7-10,14H2,(H2,26,33)(H,29,30). The van der Waals surface area contributed by atoms with E-state index in [-0.39, 0.29) is 0 Å². The molecule has 2 aliphatic heterocycles. The number of carbonyl (C=O) groups excluding carboxylic acids is 1. The van der Waals surface area contributed by atoms with Crippen molar-refractivity contribution >= 4 is 35.0 Å². The number of hydrogen-bond acceptors (Lipinski definition) is 7. The molecule has 0 bridgehead atoms. The summed E-state index contributed by atoms with van der Waals surface area (Å²) in [6.45, 7) is 3.38. The third-order valence-electron chi connectivity index (χ3n) is 6.18. The Kier molecular flexibility index (Phi) is 4.96. The Morgan fingerprint density at radius 3 is 2.85 bits per heavy atom. The zero-order valence-corrected chi connectivity index (χ0v) is 18.4. The van der Waals surface area contributed by atoms with Gasteiger partial charge in [0.25, 0.3) is 5.91 Å². The van der Waals surface area contributed by atoms with Gasteiger partial charge in [0.05, 0.1) is 31.0 Å². The number of aromatic nitrogens is 3. The van der Waals surface area contributed by atoms with Gasteiger partial charge in [-0.05, 0) is 35.4 Å². The molecule has 0 atom stereocenters. The molecule has 0 spiro atoms. The van der Waals surface area contributed by atoms with Crippen LogP contribution in [0.3, 0.4) is 0 Å². The van der Waals surface area contributed by atoms with Crippen molar-refractivity contribution in [2.24, 2.45) is 10.7 Å². The maximum Gasteiger partial charge on any atom is 0.250 e. The van der Waals surface area contributed by atoms with E-state index < -0.39 is 5.91 Å². The van der Waals surface area contributed by atoms with Crippen molar-refractivity contribution in [2.75, 3.05) is 36.5 Å². The van der Waals surface area contributed by atoms with Crippen LogP contribution in [-0.4, -0.2) is 52.8 Å². The third kappa shape index (κ3) is 3.65. The second-order valence-corrected chi connectivity index (χ2v) is 8.34. The lowest BCUT2D eigenvalue weighted by Crippen LogP contribution is -2.37. The van der Waals surface area contributed by atoms with Gasteiger partial charge in [0.15, 0.2) is 11.5 Å². The smallest absolute Gasteiger partial charge is 0.250 e. The second-order valence-electron chi connectivity index (χ2n) is 8.34. The molecule has 4 aromatic rings. The van der Waals surface area contributed by atoms with Crippen molar-refractivity contribution in [3.8, 4) is 11.3 Å². The minimum Gasteiger partial charge on any atom is -0.378 e. The predicted molar refractivity (Wildman–Crippen MR) is 131 cm³/mol. The van der Waals surface area contributed by atoms with Crippen molar-refractivity contribution in [1.82, 2.24) is 14.4 Å². The molecule has 1 fully saturated rings. The fourth-order valence-electron chi connectivity index (χ4n) is 4.45. The van der Waals surface area contributed by atoms with Crippen LogP contribution in [0.4, 0.5) is 17.2 Å². The Morgan fingerprint density at radius 2 is 2.00 bits per heavy atom. The minimum atomic E-state index is -0.474. The molecule has 0 unspecified atom stereocenters. The summed E-state index contributed by atoms with van der Waals surface area (Å²) in [5.74, 6) is 0.118. The first-order valence-corrected chi connectivity index (χ1v) is 11.2. The normalized spacial score (nSPS) is 15.0. The number of imidazole rings is 1. The lowest BCUT2D eigenvalue weighted by molar-refractivity contribution is 0.0998. The topological polar surface area (TPSA) is 110 Å². The summed E-state index contributed by atoms with van der Waals surface area (Å²) < 4.78 is 7.37. The Bertz CT molecular complexity index is 1440. The van der Waals surface area contributed by atoms with Crippen LogP contribution in [0.25, 0.3) is 16.9 Å². The van der Waals surface area contributed by atoms with E-state index in [4.69, 9.17) is 15.5 Å². The highest BCUT2D eigenvalue weighted by atomic mass is 16.5. The number of aliphatic imine (C=N–C) groups is 1. The second kappa shape index (κ2) is 8.27. The molecular weight excluding hydrogens is 430 g/mol. The summed E-state index contributed by atoms with van der Waals surface area (Å²) in [4.78, 5) is 28.1. The summed E-state index contributed by atoms with van der Waals surface area (Å²) >= 11 is 0. The van der Waals surface area contributed by atoms with Crippen molar-refractivity contribution < 1.29 is 9.53 Å². The zero-order valence-electron chi connectivity index (χ0n) is 18.4. The van der Waals surface area contributed by atoms with Gasteiger partial charge in [-0.15, -0.1) is 0 Å². The van der Waals surface area contributed by atoms with Gasteiger partial charge in [-0.1, -0.05) is 12.1 Å². The van der Waals surface area contributed by atoms with Gasteiger partial charge in [-0.2, -0.15) is 0 Å². The number of carbonyl (C=O) groups is 1. The summed E-state index contributed by atoms with van der Waals surface area (Å²) in [5.41, 5.74) is 12.5. The van der Waals surface area contributed by atoms with Crippen molar-refractivity contribution in [3.05, 3.63) is 71.7 Å². The number of morpholine rings is 1. The first-order chi connectivity index (χ1) is 16.7. The molecule has 9 heteroatoms. The number of primary amides is 1. The van der Waals surface area contributed by atoms with Gasteiger partial charge in [-0.3, -0.25) is 9.79 Å². The number of amides is 1. The molecule has 2 aliphatic rings.